The third-order valence-corrected chi connectivity index (χ3v) is 3.96. The molecule has 152 valence electrons. The molecule has 6 nitrogen and oxygen atoms in total. The van der Waals surface area contributed by atoms with Crippen LogP contribution in [0.3, 0.4) is 0 Å². The summed E-state index contributed by atoms with van der Waals surface area (Å²) in [4.78, 5) is 12.6. The number of carbonyl (C=O) groups excluding carboxylic acids is 1. The Balaban J connectivity index is 1.98. The van der Waals surface area contributed by atoms with Crippen LogP contribution in [0.25, 0.3) is 0 Å². The van der Waals surface area contributed by atoms with E-state index in [-0.39, 0.29) is 5.91 Å². The Morgan fingerprint density at radius 3 is 2.46 bits per heavy atom. The summed E-state index contributed by atoms with van der Waals surface area (Å²) in [6, 6.07) is 12.8. The highest BCUT2D eigenvalue weighted by atomic mass is 16.5. The first kappa shape index (κ1) is 21.6. The van der Waals surface area contributed by atoms with Crippen molar-refractivity contribution < 1.29 is 23.7 Å². The van der Waals surface area contributed by atoms with Gasteiger partial charge in [-0.15, -0.1) is 0 Å². The minimum Gasteiger partial charge on any atom is -0.493 e. The molecule has 0 saturated heterocycles. The van der Waals surface area contributed by atoms with Crippen molar-refractivity contribution >= 4 is 5.91 Å². The molecular weight excluding hydrogens is 358 g/mol. The van der Waals surface area contributed by atoms with E-state index in [1.165, 1.54) is 0 Å². The third-order valence-electron chi connectivity index (χ3n) is 3.96. The quantitative estimate of drug-likeness (QED) is 0.561. The van der Waals surface area contributed by atoms with E-state index in [4.69, 9.17) is 18.9 Å². The average molecular weight is 387 g/mol. The number of benzene rings is 2. The van der Waals surface area contributed by atoms with Gasteiger partial charge in [0.25, 0.3) is 5.91 Å². The second kappa shape index (κ2) is 11.9. The van der Waals surface area contributed by atoms with Gasteiger partial charge in [0.05, 0.1) is 25.9 Å². The fourth-order valence-corrected chi connectivity index (χ4v) is 2.57. The van der Waals surface area contributed by atoms with Crippen molar-refractivity contribution in [2.45, 2.75) is 26.8 Å². The maximum atomic E-state index is 12.6. The largest absolute Gasteiger partial charge is 0.493 e. The lowest BCUT2D eigenvalue weighted by molar-refractivity contribution is 0.0934. The van der Waals surface area contributed by atoms with Gasteiger partial charge in [-0.1, -0.05) is 25.1 Å². The van der Waals surface area contributed by atoms with E-state index in [1.807, 2.05) is 37.3 Å². The molecule has 2 rings (SSSR count). The summed E-state index contributed by atoms with van der Waals surface area (Å²) in [7, 11) is 1.60. The summed E-state index contributed by atoms with van der Waals surface area (Å²) in [5.41, 5.74) is 1.41. The molecule has 2 aromatic carbocycles. The Labute approximate surface area is 166 Å². The van der Waals surface area contributed by atoms with Crippen molar-refractivity contribution in [3.63, 3.8) is 0 Å². The lowest BCUT2D eigenvalue weighted by Crippen LogP contribution is -2.23. The van der Waals surface area contributed by atoms with E-state index in [1.54, 1.807) is 19.2 Å². The van der Waals surface area contributed by atoms with Crippen LogP contribution in [0.15, 0.2) is 42.5 Å². The first-order valence-corrected chi connectivity index (χ1v) is 9.57. The van der Waals surface area contributed by atoms with Gasteiger partial charge < -0.3 is 24.3 Å². The Morgan fingerprint density at radius 2 is 1.71 bits per heavy atom. The smallest absolute Gasteiger partial charge is 0.255 e. The highest BCUT2D eigenvalue weighted by Gasteiger charge is 2.13. The van der Waals surface area contributed by atoms with Gasteiger partial charge in [-0.2, -0.15) is 0 Å². The molecule has 0 heterocycles. The maximum absolute atomic E-state index is 12.6. The highest BCUT2D eigenvalue weighted by Crippen LogP contribution is 2.28. The van der Waals surface area contributed by atoms with E-state index in [0.29, 0.717) is 55.8 Å². The number of carbonyl (C=O) groups is 1. The molecule has 0 aliphatic rings. The minimum atomic E-state index is -0.197. The van der Waals surface area contributed by atoms with Crippen LogP contribution in [0, 0.1) is 0 Å². The lowest BCUT2D eigenvalue weighted by Gasteiger charge is -2.13. The molecule has 0 unspecified atom stereocenters. The van der Waals surface area contributed by atoms with Crippen LogP contribution in [0.5, 0.6) is 17.2 Å². The summed E-state index contributed by atoms with van der Waals surface area (Å²) in [5, 5.41) is 2.92. The first-order valence-electron chi connectivity index (χ1n) is 9.57. The molecule has 0 aliphatic carbocycles. The molecular formula is C22H29NO5. The second-order valence-electron chi connectivity index (χ2n) is 6.06. The second-order valence-corrected chi connectivity index (χ2v) is 6.06. The minimum absolute atomic E-state index is 0.197. The molecule has 6 heteroatoms. The van der Waals surface area contributed by atoms with Crippen LogP contribution in [0.1, 0.15) is 36.2 Å². The van der Waals surface area contributed by atoms with E-state index in [2.05, 4.69) is 12.2 Å². The molecule has 2 aromatic rings. The number of ether oxygens (including phenoxy) is 4. The fraction of sp³-hybridized carbons (Fsp3) is 0.409. The summed E-state index contributed by atoms with van der Waals surface area (Å²) in [6.07, 6.45) is 0.924. The van der Waals surface area contributed by atoms with Crippen molar-refractivity contribution in [3.8, 4) is 17.2 Å². The number of amides is 1. The van der Waals surface area contributed by atoms with Gasteiger partial charge in [-0.3, -0.25) is 4.79 Å². The number of rotatable bonds is 12. The first-order chi connectivity index (χ1) is 13.7. The average Bonchev–Trinajstić information content (AvgIpc) is 2.74. The van der Waals surface area contributed by atoms with E-state index < -0.39 is 0 Å². The highest BCUT2D eigenvalue weighted by molar-refractivity contribution is 5.96. The lowest BCUT2D eigenvalue weighted by atomic mass is 10.1. The SMILES string of the molecule is CCCOc1ccc(CNC(=O)c2ccccc2OCCOCC)cc1OC. The molecule has 28 heavy (non-hydrogen) atoms. The zero-order valence-corrected chi connectivity index (χ0v) is 16.8. The van der Waals surface area contributed by atoms with Crippen molar-refractivity contribution in [1.29, 1.82) is 0 Å². The normalized spacial score (nSPS) is 10.4. The molecule has 0 spiro atoms. The van der Waals surface area contributed by atoms with Crippen LogP contribution in [-0.2, 0) is 11.3 Å². The molecule has 0 aromatic heterocycles. The van der Waals surface area contributed by atoms with Gasteiger partial charge >= 0.3 is 0 Å². The van der Waals surface area contributed by atoms with E-state index in [0.717, 1.165) is 12.0 Å². The van der Waals surface area contributed by atoms with Gasteiger partial charge in [0, 0.05) is 13.2 Å². The van der Waals surface area contributed by atoms with Gasteiger partial charge in [0.1, 0.15) is 12.4 Å². The van der Waals surface area contributed by atoms with Crippen molar-refractivity contribution in [1.82, 2.24) is 5.32 Å². The molecule has 0 radical (unpaired) electrons. The predicted molar refractivity (Wildman–Crippen MR) is 108 cm³/mol. The summed E-state index contributed by atoms with van der Waals surface area (Å²) in [6.45, 7) is 6.50. The summed E-state index contributed by atoms with van der Waals surface area (Å²) >= 11 is 0. The van der Waals surface area contributed by atoms with Crippen LogP contribution in [-0.4, -0.2) is 39.4 Å². The van der Waals surface area contributed by atoms with Gasteiger partial charge in [-0.25, -0.2) is 0 Å². The molecule has 0 fully saturated rings. The topological polar surface area (TPSA) is 66.0 Å². The number of methoxy groups -OCH3 is 1. The Bertz CT molecular complexity index is 747. The maximum Gasteiger partial charge on any atom is 0.255 e. The number of hydrogen-bond acceptors (Lipinski definition) is 5. The zero-order valence-electron chi connectivity index (χ0n) is 16.8. The van der Waals surface area contributed by atoms with Crippen molar-refractivity contribution in [2.24, 2.45) is 0 Å². The fourth-order valence-electron chi connectivity index (χ4n) is 2.57. The third kappa shape index (κ3) is 6.46. The molecule has 0 bridgehead atoms. The van der Waals surface area contributed by atoms with E-state index >= 15 is 0 Å². The number of nitrogens with one attached hydrogen (secondary N) is 1. The number of hydrogen-bond donors (Lipinski definition) is 1. The van der Waals surface area contributed by atoms with Gasteiger partial charge in [0.2, 0.25) is 0 Å². The monoisotopic (exact) mass is 387 g/mol. The Morgan fingerprint density at radius 1 is 0.929 bits per heavy atom. The molecule has 1 N–H and O–H groups in total. The predicted octanol–water partition coefficient (Wildman–Crippen LogP) is 3.83. The van der Waals surface area contributed by atoms with Crippen LogP contribution < -0.4 is 19.5 Å². The van der Waals surface area contributed by atoms with Crippen molar-refractivity contribution in [3.05, 3.63) is 53.6 Å². The Hall–Kier alpha value is -2.73. The van der Waals surface area contributed by atoms with Gasteiger partial charge in [0.15, 0.2) is 11.5 Å². The summed E-state index contributed by atoms with van der Waals surface area (Å²) in [5.74, 6) is 1.70. The number of para-hydroxylation sites is 1. The van der Waals surface area contributed by atoms with Crippen molar-refractivity contribution in [2.75, 3.05) is 33.5 Å². The molecule has 0 saturated carbocycles. The zero-order chi connectivity index (χ0) is 20.2. The van der Waals surface area contributed by atoms with Gasteiger partial charge in [-0.05, 0) is 43.2 Å². The van der Waals surface area contributed by atoms with Crippen LogP contribution >= 0.6 is 0 Å². The standard InChI is InChI=1S/C22H29NO5/c1-4-12-27-20-11-10-17(15-21(20)25-3)16-23-22(24)18-8-6-7-9-19(18)28-14-13-26-5-2/h6-11,15H,4-5,12-14,16H2,1-3H3,(H,23,24). The van der Waals surface area contributed by atoms with Crippen LogP contribution in [0.2, 0.25) is 0 Å². The molecule has 1 amide bonds. The molecule has 0 atom stereocenters. The summed E-state index contributed by atoms with van der Waals surface area (Å²) < 4.78 is 22.0. The molecule has 0 aliphatic heterocycles. The Kier molecular flexibility index (Phi) is 9.15. The van der Waals surface area contributed by atoms with Crippen LogP contribution in [0.4, 0.5) is 0 Å². The van der Waals surface area contributed by atoms with E-state index in [9.17, 15) is 4.79 Å².